The van der Waals surface area contributed by atoms with Crippen molar-refractivity contribution in [1.29, 1.82) is 0 Å². The van der Waals surface area contributed by atoms with E-state index in [1.807, 2.05) is 62.4 Å². The molecule has 1 heterocycles. The largest absolute Gasteiger partial charge is 0.407 e. The summed E-state index contributed by atoms with van der Waals surface area (Å²) in [6, 6.07) is 31.1. The van der Waals surface area contributed by atoms with Crippen molar-refractivity contribution in [2.75, 3.05) is 27.1 Å². The zero-order valence-corrected chi connectivity index (χ0v) is 28.6. The average Bonchev–Trinajstić information content (AvgIpc) is 3.33. The molecule has 0 radical (unpaired) electrons. The summed E-state index contributed by atoms with van der Waals surface area (Å²) < 4.78 is 36.5. The standard InChI is InChI=1S/C37H50O7Si/c1-36(2,3)45(30-18-12-8-13-19-30,31-20-14-9-15-21-31)42-25-24-33(41-28-39-6)32(38)22-23-34-35(44-37(4,5)43-34)27-40-26-29-16-10-7-11-17-29/h7-23,32-35,38H,24-28H2,1-6H3/b23-22+/t32?,33-,34-,35-/m0/s1. The fourth-order valence-corrected chi connectivity index (χ4v) is 10.5. The topological polar surface area (TPSA) is 75.6 Å². The van der Waals surface area contributed by atoms with Crippen molar-refractivity contribution in [3.63, 3.8) is 0 Å². The molecule has 4 rings (SSSR count). The van der Waals surface area contributed by atoms with E-state index < -0.39 is 26.3 Å². The molecular formula is C37H50O7Si. The maximum atomic E-state index is 11.3. The Labute approximate surface area is 270 Å². The van der Waals surface area contributed by atoms with Gasteiger partial charge in [-0.2, -0.15) is 0 Å². The summed E-state index contributed by atoms with van der Waals surface area (Å²) in [5, 5.41) is 13.6. The number of ether oxygens (including phenoxy) is 5. The third-order valence-electron chi connectivity index (χ3n) is 8.03. The molecule has 3 aromatic rings. The van der Waals surface area contributed by atoms with E-state index in [9.17, 15) is 5.11 Å². The van der Waals surface area contributed by atoms with Gasteiger partial charge in [0.25, 0.3) is 8.32 Å². The van der Waals surface area contributed by atoms with Crippen LogP contribution < -0.4 is 10.4 Å². The summed E-state index contributed by atoms with van der Waals surface area (Å²) in [7, 11) is -1.15. The van der Waals surface area contributed by atoms with E-state index in [4.69, 9.17) is 28.1 Å². The van der Waals surface area contributed by atoms with E-state index in [2.05, 4.69) is 69.3 Å². The zero-order chi connectivity index (χ0) is 32.3. The van der Waals surface area contributed by atoms with Crippen LogP contribution >= 0.6 is 0 Å². The van der Waals surface area contributed by atoms with Gasteiger partial charge in [-0.3, -0.25) is 0 Å². The minimum absolute atomic E-state index is 0.0564. The Morgan fingerprint density at radius 3 is 2.02 bits per heavy atom. The van der Waals surface area contributed by atoms with Gasteiger partial charge in [-0.1, -0.05) is 124 Å². The fraction of sp³-hybridized carbons (Fsp3) is 0.459. The lowest BCUT2D eigenvalue weighted by atomic mass is 10.1. The quantitative estimate of drug-likeness (QED) is 0.125. The molecule has 1 aliphatic rings. The first-order chi connectivity index (χ1) is 21.6. The summed E-state index contributed by atoms with van der Waals surface area (Å²) in [6.45, 7) is 11.8. The molecule has 8 heteroatoms. The van der Waals surface area contributed by atoms with Gasteiger partial charge in [-0.15, -0.1) is 0 Å². The van der Waals surface area contributed by atoms with E-state index in [1.54, 1.807) is 13.2 Å². The number of rotatable bonds is 16. The number of aliphatic hydroxyl groups is 1. The first-order valence-corrected chi connectivity index (χ1v) is 17.7. The lowest BCUT2D eigenvalue weighted by Crippen LogP contribution is -2.66. The molecule has 0 aromatic heterocycles. The molecule has 0 spiro atoms. The minimum Gasteiger partial charge on any atom is -0.407 e. The number of methoxy groups -OCH3 is 1. The fourth-order valence-electron chi connectivity index (χ4n) is 5.97. The van der Waals surface area contributed by atoms with Crippen molar-refractivity contribution in [3.05, 3.63) is 109 Å². The van der Waals surface area contributed by atoms with Crippen LogP contribution in [0.4, 0.5) is 0 Å². The number of hydrogen-bond donors (Lipinski definition) is 1. The third kappa shape index (κ3) is 9.44. The molecular weight excluding hydrogens is 584 g/mol. The van der Waals surface area contributed by atoms with Crippen LogP contribution in [0.15, 0.2) is 103 Å². The molecule has 1 aliphatic heterocycles. The van der Waals surface area contributed by atoms with Gasteiger partial charge in [0.1, 0.15) is 19.0 Å². The van der Waals surface area contributed by atoms with Gasteiger partial charge < -0.3 is 33.2 Å². The summed E-state index contributed by atoms with van der Waals surface area (Å²) in [5.74, 6) is -0.768. The van der Waals surface area contributed by atoms with Crippen LogP contribution in [0.2, 0.25) is 5.04 Å². The Morgan fingerprint density at radius 2 is 1.47 bits per heavy atom. The summed E-state index contributed by atoms with van der Waals surface area (Å²) in [4.78, 5) is 0. The van der Waals surface area contributed by atoms with Crippen LogP contribution in [0, 0.1) is 0 Å². The lowest BCUT2D eigenvalue weighted by Gasteiger charge is -2.43. The normalized spacial score (nSPS) is 20.0. The molecule has 1 unspecified atom stereocenters. The lowest BCUT2D eigenvalue weighted by molar-refractivity contribution is -0.148. The average molecular weight is 635 g/mol. The Morgan fingerprint density at radius 1 is 0.889 bits per heavy atom. The van der Waals surface area contributed by atoms with Crippen LogP contribution in [0.3, 0.4) is 0 Å². The maximum absolute atomic E-state index is 11.3. The highest BCUT2D eigenvalue weighted by Crippen LogP contribution is 2.37. The maximum Gasteiger partial charge on any atom is 0.261 e. The molecule has 1 fully saturated rings. The Kier molecular flexibility index (Phi) is 12.7. The van der Waals surface area contributed by atoms with Gasteiger partial charge in [0.15, 0.2) is 5.79 Å². The second-order valence-corrected chi connectivity index (χ2v) is 17.2. The van der Waals surface area contributed by atoms with Crippen LogP contribution in [-0.4, -0.2) is 70.7 Å². The Hall–Kier alpha value is -2.66. The van der Waals surface area contributed by atoms with Crippen molar-refractivity contribution in [1.82, 2.24) is 0 Å². The molecule has 1 N–H and O–H groups in total. The van der Waals surface area contributed by atoms with Crippen molar-refractivity contribution in [2.45, 2.75) is 82.9 Å². The molecule has 4 atom stereocenters. The molecule has 0 aliphatic carbocycles. The van der Waals surface area contributed by atoms with Crippen molar-refractivity contribution >= 4 is 18.7 Å². The molecule has 1 saturated heterocycles. The predicted octanol–water partition coefficient (Wildman–Crippen LogP) is 5.60. The summed E-state index contributed by atoms with van der Waals surface area (Å²) in [6.07, 6.45) is 1.87. The molecule has 7 nitrogen and oxygen atoms in total. The highest BCUT2D eigenvalue weighted by Gasteiger charge is 2.50. The Balaban J connectivity index is 1.46. The van der Waals surface area contributed by atoms with Crippen molar-refractivity contribution < 1.29 is 33.2 Å². The number of hydrogen-bond acceptors (Lipinski definition) is 7. The van der Waals surface area contributed by atoms with Gasteiger partial charge >= 0.3 is 0 Å². The highest BCUT2D eigenvalue weighted by atomic mass is 28.4. The van der Waals surface area contributed by atoms with Gasteiger partial charge in [0.2, 0.25) is 0 Å². The number of aliphatic hydroxyl groups excluding tert-OH is 1. The summed E-state index contributed by atoms with van der Waals surface area (Å²) >= 11 is 0. The molecule has 0 bridgehead atoms. The first kappa shape index (κ1) is 35.2. The SMILES string of the molecule is COCO[C@@H](CCO[Si](c1ccccc1)(c1ccccc1)C(C)(C)C)C(O)/C=C/[C@@H]1OC(C)(C)O[C@H]1COCc1ccccc1. The van der Waals surface area contributed by atoms with Crippen LogP contribution in [0.1, 0.15) is 46.6 Å². The van der Waals surface area contributed by atoms with Gasteiger partial charge in [-0.05, 0) is 41.2 Å². The van der Waals surface area contributed by atoms with Crippen molar-refractivity contribution in [3.8, 4) is 0 Å². The molecule has 0 saturated carbocycles. The van der Waals surface area contributed by atoms with E-state index >= 15 is 0 Å². The van der Waals surface area contributed by atoms with Crippen LogP contribution in [0.25, 0.3) is 0 Å². The smallest absolute Gasteiger partial charge is 0.261 e. The molecule has 3 aromatic carbocycles. The van der Waals surface area contributed by atoms with Crippen LogP contribution in [0.5, 0.6) is 0 Å². The third-order valence-corrected chi connectivity index (χ3v) is 13.1. The van der Waals surface area contributed by atoms with Crippen molar-refractivity contribution in [2.24, 2.45) is 0 Å². The van der Waals surface area contributed by atoms with Gasteiger partial charge in [0.05, 0.1) is 25.4 Å². The van der Waals surface area contributed by atoms with Gasteiger partial charge in [0, 0.05) is 13.7 Å². The molecule has 0 amide bonds. The first-order valence-electron chi connectivity index (χ1n) is 15.7. The summed E-state index contributed by atoms with van der Waals surface area (Å²) in [5.41, 5.74) is 1.09. The number of benzene rings is 3. The van der Waals surface area contributed by atoms with Gasteiger partial charge in [-0.25, -0.2) is 0 Å². The van der Waals surface area contributed by atoms with E-state index in [1.165, 1.54) is 10.4 Å². The van der Waals surface area contributed by atoms with E-state index in [0.717, 1.165) is 5.56 Å². The monoisotopic (exact) mass is 634 g/mol. The second-order valence-electron chi connectivity index (χ2n) is 12.9. The van der Waals surface area contributed by atoms with Crippen LogP contribution in [-0.2, 0) is 34.7 Å². The predicted molar refractivity (Wildman–Crippen MR) is 180 cm³/mol. The van der Waals surface area contributed by atoms with E-state index in [-0.39, 0.29) is 24.0 Å². The molecule has 45 heavy (non-hydrogen) atoms. The minimum atomic E-state index is -2.72. The zero-order valence-electron chi connectivity index (χ0n) is 27.6. The second kappa shape index (κ2) is 16.2. The van der Waals surface area contributed by atoms with E-state index in [0.29, 0.717) is 26.2 Å². The Bertz CT molecular complexity index is 1260. The highest BCUT2D eigenvalue weighted by molar-refractivity contribution is 6.99. The molecule has 244 valence electrons.